The van der Waals surface area contributed by atoms with Crippen molar-refractivity contribution in [2.24, 2.45) is 0 Å². The molecule has 0 spiro atoms. The van der Waals surface area contributed by atoms with Gasteiger partial charge in [-0.2, -0.15) is 4.98 Å². The molecule has 0 N–H and O–H groups in total. The fourth-order valence-electron chi connectivity index (χ4n) is 2.04. The average molecular weight is 242 g/mol. The van der Waals surface area contributed by atoms with Gasteiger partial charge in [-0.05, 0) is 32.9 Å². The standard InChI is InChI=1S/C11H16ClN3O/c1-15-5-2-3-9(15)4-6-16-11-8-13-7-10(12)14-11/h7-9H,2-6H2,1H3. The molecule has 1 aliphatic heterocycles. The Labute approximate surface area is 101 Å². The zero-order valence-corrected chi connectivity index (χ0v) is 10.2. The van der Waals surface area contributed by atoms with E-state index in [1.807, 2.05) is 0 Å². The number of aromatic nitrogens is 2. The van der Waals surface area contributed by atoms with Gasteiger partial charge in [-0.1, -0.05) is 11.6 Å². The Bertz CT molecular complexity index is 348. The highest BCUT2D eigenvalue weighted by Crippen LogP contribution is 2.18. The van der Waals surface area contributed by atoms with Crippen LogP contribution in [0.2, 0.25) is 5.15 Å². The minimum absolute atomic E-state index is 0.371. The molecule has 1 aromatic heterocycles. The van der Waals surface area contributed by atoms with Crippen molar-refractivity contribution in [3.8, 4) is 5.88 Å². The van der Waals surface area contributed by atoms with E-state index >= 15 is 0 Å². The summed E-state index contributed by atoms with van der Waals surface area (Å²) >= 11 is 5.71. The van der Waals surface area contributed by atoms with Crippen LogP contribution < -0.4 is 4.74 Å². The minimum atomic E-state index is 0.371. The summed E-state index contributed by atoms with van der Waals surface area (Å²) in [5.41, 5.74) is 0. The summed E-state index contributed by atoms with van der Waals surface area (Å²) in [5.74, 6) is 0.508. The molecular weight excluding hydrogens is 226 g/mol. The van der Waals surface area contributed by atoms with Crippen molar-refractivity contribution in [2.75, 3.05) is 20.2 Å². The first-order valence-corrected chi connectivity index (χ1v) is 5.94. The number of rotatable bonds is 4. The third-order valence-corrected chi connectivity index (χ3v) is 3.14. The van der Waals surface area contributed by atoms with Crippen molar-refractivity contribution in [2.45, 2.75) is 25.3 Å². The molecule has 0 saturated carbocycles. The van der Waals surface area contributed by atoms with Crippen molar-refractivity contribution in [3.05, 3.63) is 17.5 Å². The van der Waals surface area contributed by atoms with Crippen LogP contribution >= 0.6 is 11.6 Å². The van der Waals surface area contributed by atoms with Crippen LogP contribution in [-0.2, 0) is 0 Å². The van der Waals surface area contributed by atoms with E-state index in [2.05, 4.69) is 21.9 Å². The lowest BCUT2D eigenvalue weighted by atomic mass is 10.1. The van der Waals surface area contributed by atoms with Gasteiger partial charge >= 0.3 is 0 Å². The van der Waals surface area contributed by atoms with Crippen LogP contribution in [0.4, 0.5) is 0 Å². The second-order valence-electron chi connectivity index (χ2n) is 4.09. The maximum atomic E-state index is 5.71. The second kappa shape index (κ2) is 5.46. The monoisotopic (exact) mass is 241 g/mol. The van der Waals surface area contributed by atoms with E-state index in [0.717, 1.165) is 6.42 Å². The highest BCUT2D eigenvalue weighted by atomic mass is 35.5. The van der Waals surface area contributed by atoms with E-state index in [1.54, 1.807) is 6.20 Å². The summed E-state index contributed by atoms with van der Waals surface area (Å²) in [6, 6.07) is 0.646. The molecule has 4 nitrogen and oxygen atoms in total. The molecule has 1 atom stereocenters. The Balaban J connectivity index is 1.75. The minimum Gasteiger partial charge on any atom is -0.476 e. The lowest BCUT2D eigenvalue weighted by Crippen LogP contribution is -2.26. The quantitative estimate of drug-likeness (QED) is 0.808. The molecule has 88 valence electrons. The van der Waals surface area contributed by atoms with Crippen LogP contribution in [-0.4, -0.2) is 41.1 Å². The van der Waals surface area contributed by atoms with Gasteiger partial charge in [0, 0.05) is 6.04 Å². The molecule has 2 rings (SSSR count). The summed E-state index contributed by atoms with van der Waals surface area (Å²) in [4.78, 5) is 10.3. The lowest BCUT2D eigenvalue weighted by Gasteiger charge is -2.18. The fraction of sp³-hybridized carbons (Fsp3) is 0.636. The first kappa shape index (κ1) is 11.6. The van der Waals surface area contributed by atoms with Crippen LogP contribution in [0.1, 0.15) is 19.3 Å². The van der Waals surface area contributed by atoms with Gasteiger partial charge in [0.25, 0.3) is 0 Å². The number of halogens is 1. The van der Waals surface area contributed by atoms with Gasteiger partial charge in [-0.15, -0.1) is 0 Å². The van der Waals surface area contributed by atoms with Gasteiger partial charge < -0.3 is 9.64 Å². The van der Waals surface area contributed by atoms with Crippen LogP contribution in [0.25, 0.3) is 0 Å². The van der Waals surface area contributed by atoms with Crippen molar-refractivity contribution in [3.63, 3.8) is 0 Å². The number of ether oxygens (including phenoxy) is 1. The molecule has 0 aromatic carbocycles. The smallest absolute Gasteiger partial charge is 0.233 e. The summed E-state index contributed by atoms with van der Waals surface area (Å²) in [7, 11) is 2.16. The topological polar surface area (TPSA) is 38.2 Å². The zero-order valence-electron chi connectivity index (χ0n) is 9.40. The maximum absolute atomic E-state index is 5.71. The highest BCUT2D eigenvalue weighted by molar-refractivity contribution is 6.29. The summed E-state index contributed by atoms with van der Waals surface area (Å²) in [6.07, 6.45) is 6.67. The number of likely N-dealkylation sites (tertiary alicyclic amines) is 1. The van der Waals surface area contributed by atoms with Crippen molar-refractivity contribution >= 4 is 11.6 Å². The van der Waals surface area contributed by atoms with Crippen molar-refractivity contribution < 1.29 is 4.74 Å². The van der Waals surface area contributed by atoms with E-state index < -0.39 is 0 Å². The molecule has 16 heavy (non-hydrogen) atoms. The van der Waals surface area contributed by atoms with E-state index in [-0.39, 0.29) is 0 Å². The first-order valence-electron chi connectivity index (χ1n) is 5.56. The molecule has 1 aliphatic rings. The fourth-order valence-corrected chi connectivity index (χ4v) is 2.18. The molecular formula is C11H16ClN3O. The molecule has 2 heterocycles. The molecule has 5 heteroatoms. The first-order chi connectivity index (χ1) is 7.75. The second-order valence-corrected chi connectivity index (χ2v) is 4.48. The van der Waals surface area contributed by atoms with E-state index in [0.29, 0.717) is 23.7 Å². The number of hydrogen-bond donors (Lipinski definition) is 0. The van der Waals surface area contributed by atoms with Gasteiger partial charge in [0.2, 0.25) is 5.88 Å². The van der Waals surface area contributed by atoms with E-state index in [4.69, 9.17) is 16.3 Å². The molecule has 0 amide bonds. The van der Waals surface area contributed by atoms with Gasteiger partial charge in [-0.25, -0.2) is 0 Å². The summed E-state index contributed by atoms with van der Waals surface area (Å²) in [5, 5.41) is 0.371. The largest absolute Gasteiger partial charge is 0.476 e. The number of hydrogen-bond acceptors (Lipinski definition) is 4. The third-order valence-electron chi connectivity index (χ3n) is 2.96. The van der Waals surface area contributed by atoms with Gasteiger partial charge in [0.15, 0.2) is 5.15 Å². The zero-order chi connectivity index (χ0) is 11.4. The molecule has 1 unspecified atom stereocenters. The predicted molar refractivity (Wildman–Crippen MR) is 62.8 cm³/mol. The van der Waals surface area contributed by atoms with Gasteiger partial charge in [-0.3, -0.25) is 4.98 Å². The Morgan fingerprint density at radius 3 is 3.12 bits per heavy atom. The van der Waals surface area contributed by atoms with Crippen LogP contribution in [0, 0.1) is 0 Å². The Morgan fingerprint density at radius 2 is 2.44 bits per heavy atom. The molecule has 0 radical (unpaired) electrons. The van der Waals surface area contributed by atoms with E-state index in [1.165, 1.54) is 25.6 Å². The molecule has 0 aliphatic carbocycles. The lowest BCUT2D eigenvalue weighted by molar-refractivity contribution is 0.228. The normalized spacial score (nSPS) is 21.2. The Hall–Kier alpha value is -0.870. The number of nitrogens with zero attached hydrogens (tertiary/aromatic N) is 3. The molecule has 1 saturated heterocycles. The van der Waals surface area contributed by atoms with Crippen LogP contribution in [0.5, 0.6) is 5.88 Å². The third kappa shape index (κ3) is 3.06. The van der Waals surface area contributed by atoms with Crippen molar-refractivity contribution in [1.82, 2.24) is 14.9 Å². The average Bonchev–Trinajstić information content (AvgIpc) is 2.65. The molecule has 0 bridgehead atoms. The Morgan fingerprint density at radius 1 is 1.56 bits per heavy atom. The maximum Gasteiger partial charge on any atom is 0.233 e. The van der Waals surface area contributed by atoms with Crippen LogP contribution in [0.3, 0.4) is 0 Å². The Kier molecular flexibility index (Phi) is 3.96. The van der Waals surface area contributed by atoms with E-state index in [9.17, 15) is 0 Å². The highest BCUT2D eigenvalue weighted by Gasteiger charge is 2.20. The van der Waals surface area contributed by atoms with Crippen LogP contribution in [0.15, 0.2) is 12.4 Å². The summed E-state index contributed by atoms with van der Waals surface area (Å²) < 4.78 is 5.51. The van der Waals surface area contributed by atoms with Gasteiger partial charge in [0.1, 0.15) is 0 Å². The molecule has 1 aromatic rings. The molecule has 1 fully saturated rings. The van der Waals surface area contributed by atoms with Crippen molar-refractivity contribution in [1.29, 1.82) is 0 Å². The SMILES string of the molecule is CN1CCCC1CCOc1cncc(Cl)n1. The van der Waals surface area contributed by atoms with Gasteiger partial charge in [0.05, 0.1) is 19.0 Å². The predicted octanol–water partition coefficient (Wildman–Crippen LogP) is 1.99. The summed E-state index contributed by atoms with van der Waals surface area (Å²) in [6.45, 7) is 1.87.